The molecule has 4 rings (SSSR count). The van der Waals surface area contributed by atoms with E-state index < -0.39 is 6.04 Å². The molecule has 3 heterocycles. The normalized spacial score (nSPS) is 20.0. The molecule has 9 heteroatoms. The van der Waals surface area contributed by atoms with Crippen LogP contribution >= 0.6 is 11.6 Å². The minimum absolute atomic E-state index is 0.0558. The van der Waals surface area contributed by atoms with Gasteiger partial charge in [-0.3, -0.25) is 9.69 Å². The lowest BCUT2D eigenvalue weighted by molar-refractivity contribution is -0.117. The highest BCUT2D eigenvalue weighted by Crippen LogP contribution is 2.35. The van der Waals surface area contributed by atoms with Crippen LogP contribution in [0.4, 0.5) is 11.5 Å². The fourth-order valence-electron chi connectivity index (χ4n) is 4.12. The third-order valence-corrected chi connectivity index (χ3v) is 5.71. The van der Waals surface area contributed by atoms with E-state index in [0.717, 1.165) is 32.5 Å². The van der Waals surface area contributed by atoms with Crippen molar-refractivity contribution >= 4 is 29.0 Å². The number of aromatic nitrogens is 1. The van der Waals surface area contributed by atoms with E-state index in [1.807, 2.05) is 11.0 Å². The zero-order valence-electron chi connectivity index (χ0n) is 15.9. The first-order valence-electron chi connectivity index (χ1n) is 9.68. The summed E-state index contributed by atoms with van der Waals surface area (Å²) in [6, 6.07) is 13.4. The number of pyridine rings is 1. The summed E-state index contributed by atoms with van der Waals surface area (Å²) in [5.74, 6) is 0.470. The molecule has 0 unspecified atom stereocenters. The second kappa shape index (κ2) is 8.69. The van der Waals surface area contributed by atoms with Crippen LogP contribution in [0, 0.1) is 0 Å². The molecule has 1 saturated heterocycles. The number of halogens is 1. The van der Waals surface area contributed by atoms with Gasteiger partial charge in [0.15, 0.2) is 5.82 Å². The van der Waals surface area contributed by atoms with Crippen molar-refractivity contribution in [1.29, 1.82) is 0 Å². The van der Waals surface area contributed by atoms with Crippen molar-refractivity contribution in [2.75, 3.05) is 29.9 Å². The van der Waals surface area contributed by atoms with Crippen molar-refractivity contribution in [2.45, 2.75) is 31.5 Å². The second-order valence-corrected chi connectivity index (χ2v) is 7.71. The molecule has 1 aromatic carbocycles. The molecule has 2 aromatic rings. The third kappa shape index (κ3) is 4.29. The molecule has 1 fully saturated rings. The number of nitrogens with one attached hydrogen (secondary N) is 1. The average molecular weight is 412 g/mol. The van der Waals surface area contributed by atoms with Crippen LogP contribution in [0.3, 0.4) is 0 Å². The monoisotopic (exact) mass is 411 g/mol. The third-order valence-electron chi connectivity index (χ3n) is 5.50. The van der Waals surface area contributed by atoms with Gasteiger partial charge < -0.3 is 10.2 Å². The second-order valence-electron chi connectivity index (χ2n) is 7.32. The smallest absolute Gasteiger partial charge is 0.247 e. The number of carbonyl (C=O) groups excluding carboxylic acids is 1. The molecule has 2 aliphatic heterocycles. The van der Waals surface area contributed by atoms with E-state index in [1.165, 1.54) is 5.56 Å². The lowest BCUT2D eigenvalue weighted by Gasteiger charge is -2.45. The van der Waals surface area contributed by atoms with E-state index in [1.54, 1.807) is 12.1 Å². The van der Waals surface area contributed by atoms with Crippen LogP contribution in [0.5, 0.6) is 0 Å². The fourth-order valence-corrected chi connectivity index (χ4v) is 4.26. The van der Waals surface area contributed by atoms with Crippen LogP contribution in [-0.2, 0) is 11.3 Å². The van der Waals surface area contributed by atoms with Gasteiger partial charge in [-0.1, -0.05) is 47.0 Å². The zero-order valence-corrected chi connectivity index (χ0v) is 16.7. The molecule has 150 valence electrons. The van der Waals surface area contributed by atoms with E-state index in [0.29, 0.717) is 16.7 Å². The minimum Gasteiger partial charge on any atom is -0.340 e. The molecule has 1 N–H and O–H groups in total. The summed E-state index contributed by atoms with van der Waals surface area (Å²) in [6.45, 7) is 2.81. The van der Waals surface area contributed by atoms with Gasteiger partial charge in [-0.15, -0.1) is 0 Å². The van der Waals surface area contributed by atoms with Crippen molar-refractivity contribution in [1.82, 2.24) is 9.88 Å². The van der Waals surface area contributed by atoms with Crippen LogP contribution in [0.1, 0.15) is 18.4 Å². The Balaban J connectivity index is 1.54. The van der Waals surface area contributed by atoms with Gasteiger partial charge in [-0.2, -0.15) is 0 Å². The van der Waals surface area contributed by atoms with E-state index in [4.69, 9.17) is 17.1 Å². The van der Waals surface area contributed by atoms with Gasteiger partial charge in [0.25, 0.3) is 0 Å². The maximum absolute atomic E-state index is 12.7. The standard InChI is InChI=1S/C20H22ClN7O/c21-18-7-6-16-19(25-18)28(17(12-23-26-22)20(29)24-16)15-8-10-27(11-9-15)13-14-4-2-1-3-5-14/h1-7,15,17H,8-13H2,(H,24,29)/t17-/m1/s1. The molecule has 0 saturated carbocycles. The summed E-state index contributed by atoms with van der Waals surface area (Å²) < 4.78 is 0. The Morgan fingerprint density at radius 2 is 1.97 bits per heavy atom. The lowest BCUT2D eigenvalue weighted by Crippen LogP contribution is -2.57. The van der Waals surface area contributed by atoms with Gasteiger partial charge >= 0.3 is 0 Å². The fraction of sp³-hybridized carbons (Fsp3) is 0.400. The summed E-state index contributed by atoms with van der Waals surface area (Å²) in [6.07, 6.45) is 1.78. The molecule has 29 heavy (non-hydrogen) atoms. The highest BCUT2D eigenvalue weighted by Gasteiger charge is 2.39. The van der Waals surface area contributed by atoms with Gasteiger partial charge in [-0.25, -0.2) is 4.98 Å². The lowest BCUT2D eigenvalue weighted by atomic mass is 9.98. The number of hydrogen-bond acceptors (Lipinski definition) is 5. The Labute approximate surface area is 174 Å². The van der Waals surface area contributed by atoms with E-state index in [9.17, 15) is 4.79 Å². The van der Waals surface area contributed by atoms with Crippen LogP contribution in [-0.4, -0.2) is 47.5 Å². The first kappa shape index (κ1) is 19.5. The van der Waals surface area contributed by atoms with Crippen LogP contribution in [0.2, 0.25) is 5.15 Å². The van der Waals surface area contributed by atoms with E-state index in [2.05, 4.69) is 49.5 Å². The highest BCUT2D eigenvalue weighted by atomic mass is 35.5. The van der Waals surface area contributed by atoms with Gasteiger partial charge in [0.05, 0.1) is 12.2 Å². The maximum Gasteiger partial charge on any atom is 0.247 e. The van der Waals surface area contributed by atoms with Crippen molar-refractivity contribution in [3.63, 3.8) is 0 Å². The molecule has 8 nitrogen and oxygen atoms in total. The number of carbonyl (C=O) groups is 1. The molecular formula is C20H22ClN7O. The molecule has 1 aromatic heterocycles. The molecule has 0 radical (unpaired) electrons. The van der Waals surface area contributed by atoms with Crippen LogP contribution < -0.4 is 10.2 Å². The minimum atomic E-state index is -0.588. The van der Waals surface area contributed by atoms with Gasteiger partial charge in [0.1, 0.15) is 11.2 Å². The summed E-state index contributed by atoms with van der Waals surface area (Å²) in [7, 11) is 0. The Bertz CT molecular complexity index is 924. The molecule has 1 amide bonds. The SMILES string of the molecule is [N-]=[N+]=NC[C@@H]1C(=O)Nc2ccc(Cl)nc2N1C1CCN(Cc2ccccc2)CC1. The maximum atomic E-state index is 12.7. The first-order valence-corrected chi connectivity index (χ1v) is 10.1. The number of anilines is 2. The van der Waals surface area contributed by atoms with E-state index in [-0.39, 0.29) is 18.5 Å². The van der Waals surface area contributed by atoms with Gasteiger partial charge in [-0.05, 0) is 36.1 Å². The first-order chi connectivity index (χ1) is 14.2. The largest absolute Gasteiger partial charge is 0.340 e. The number of piperidine rings is 1. The predicted octanol–water partition coefficient (Wildman–Crippen LogP) is 3.84. The molecule has 0 bridgehead atoms. The summed E-state index contributed by atoms with van der Waals surface area (Å²) in [4.78, 5) is 24.4. The zero-order chi connectivity index (χ0) is 20.2. The Kier molecular flexibility index (Phi) is 5.85. The van der Waals surface area contributed by atoms with Crippen LogP contribution in [0.25, 0.3) is 10.4 Å². The molecular weight excluding hydrogens is 390 g/mol. The number of fused-ring (bicyclic) bond motifs is 1. The van der Waals surface area contributed by atoms with Crippen molar-refractivity contribution in [3.05, 3.63) is 63.6 Å². The number of amides is 1. The van der Waals surface area contributed by atoms with Crippen LogP contribution in [0.15, 0.2) is 47.6 Å². The number of nitrogens with zero attached hydrogens (tertiary/aromatic N) is 6. The summed E-state index contributed by atoms with van der Waals surface area (Å²) >= 11 is 6.14. The quantitative estimate of drug-likeness (QED) is 0.350. The highest BCUT2D eigenvalue weighted by molar-refractivity contribution is 6.29. The Hall–Kier alpha value is -2.80. The van der Waals surface area contributed by atoms with Crippen molar-refractivity contribution in [2.24, 2.45) is 5.11 Å². The molecule has 1 atom stereocenters. The Morgan fingerprint density at radius 1 is 1.21 bits per heavy atom. The molecule has 0 aliphatic carbocycles. The predicted molar refractivity (Wildman–Crippen MR) is 113 cm³/mol. The van der Waals surface area contributed by atoms with Crippen molar-refractivity contribution < 1.29 is 4.79 Å². The molecule has 0 spiro atoms. The number of rotatable bonds is 5. The number of likely N-dealkylation sites (tertiary alicyclic amines) is 1. The topological polar surface area (TPSA) is 97.2 Å². The summed E-state index contributed by atoms with van der Waals surface area (Å²) in [5.41, 5.74) is 10.7. The van der Waals surface area contributed by atoms with Crippen molar-refractivity contribution in [3.8, 4) is 0 Å². The average Bonchev–Trinajstić information content (AvgIpc) is 2.74. The van der Waals surface area contributed by atoms with E-state index >= 15 is 0 Å². The summed E-state index contributed by atoms with van der Waals surface area (Å²) in [5, 5.41) is 6.89. The number of benzene rings is 1. The van der Waals surface area contributed by atoms with Gasteiger partial charge in [0, 0.05) is 30.6 Å². The number of azide groups is 1. The number of hydrogen-bond donors (Lipinski definition) is 1. The molecule has 2 aliphatic rings. The van der Waals surface area contributed by atoms with Gasteiger partial charge in [0.2, 0.25) is 5.91 Å². The Morgan fingerprint density at radius 3 is 2.69 bits per heavy atom.